The Morgan fingerprint density at radius 1 is 1.29 bits per heavy atom. The normalized spacial score (nSPS) is 11.9. The van der Waals surface area contributed by atoms with Gasteiger partial charge in [-0.05, 0) is 23.8 Å². The lowest BCUT2D eigenvalue weighted by Crippen LogP contribution is -2.04. The van der Waals surface area contributed by atoms with Crippen molar-refractivity contribution in [2.75, 3.05) is 0 Å². The van der Waals surface area contributed by atoms with Gasteiger partial charge in [0.1, 0.15) is 5.69 Å². The topological polar surface area (TPSA) is 53.1 Å². The predicted molar refractivity (Wildman–Crippen MR) is 54.6 cm³/mol. The number of aromatic nitrogens is 1. The molecule has 0 atom stereocenters. The van der Waals surface area contributed by atoms with Crippen LogP contribution >= 0.6 is 0 Å². The summed E-state index contributed by atoms with van der Waals surface area (Å²) in [4.78, 5) is 12.7. The minimum Gasteiger partial charge on any atom is -0.481 e. The number of carboxylic acids is 1. The zero-order valence-electron chi connectivity index (χ0n) is 8.51. The standard InChI is InChI=1S/C11H8F3NO2/c12-11(13,14)9-5-7-3-6(4-10(16)17)1-2-8(7)15-9/h1-3,5,15H,4H2,(H,16,17). The van der Waals surface area contributed by atoms with Crippen molar-refractivity contribution >= 4 is 16.9 Å². The highest BCUT2D eigenvalue weighted by Crippen LogP contribution is 2.31. The Morgan fingerprint density at radius 2 is 2.00 bits per heavy atom. The van der Waals surface area contributed by atoms with Crippen molar-refractivity contribution in [1.29, 1.82) is 0 Å². The average molecular weight is 243 g/mol. The molecule has 6 heteroatoms. The summed E-state index contributed by atoms with van der Waals surface area (Å²) >= 11 is 0. The maximum Gasteiger partial charge on any atom is 0.431 e. The fourth-order valence-corrected chi connectivity index (χ4v) is 1.62. The lowest BCUT2D eigenvalue weighted by molar-refractivity contribution is -0.140. The number of aliphatic carboxylic acids is 1. The van der Waals surface area contributed by atoms with Crippen molar-refractivity contribution < 1.29 is 23.1 Å². The molecule has 2 N–H and O–H groups in total. The number of aromatic amines is 1. The van der Waals surface area contributed by atoms with E-state index in [9.17, 15) is 18.0 Å². The van der Waals surface area contributed by atoms with E-state index in [0.717, 1.165) is 6.07 Å². The number of carbonyl (C=O) groups is 1. The Hall–Kier alpha value is -1.98. The Balaban J connectivity index is 2.44. The molecule has 0 saturated heterocycles. The second kappa shape index (κ2) is 3.80. The molecule has 0 aliphatic heterocycles. The molecule has 2 rings (SSSR count). The Kier molecular flexibility index (Phi) is 2.57. The molecule has 0 spiro atoms. The van der Waals surface area contributed by atoms with Gasteiger partial charge in [-0.3, -0.25) is 4.79 Å². The van der Waals surface area contributed by atoms with Crippen LogP contribution in [0.3, 0.4) is 0 Å². The second-order valence-electron chi connectivity index (χ2n) is 3.67. The number of hydrogen-bond donors (Lipinski definition) is 2. The first kappa shape index (κ1) is 11.5. The highest BCUT2D eigenvalue weighted by molar-refractivity contribution is 5.82. The molecule has 1 aromatic carbocycles. The van der Waals surface area contributed by atoms with E-state index >= 15 is 0 Å². The van der Waals surface area contributed by atoms with Gasteiger partial charge in [0.25, 0.3) is 0 Å². The number of alkyl halides is 3. The molecule has 0 radical (unpaired) electrons. The molecule has 0 unspecified atom stereocenters. The molecule has 0 fully saturated rings. The number of rotatable bonds is 2. The van der Waals surface area contributed by atoms with Gasteiger partial charge in [-0.1, -0.05) is 6.07 Å². The molecule has 1 aromatic heterocycles. The molecule has 0 aliphatic carbocycles. The van der Waals surface area contributed by atoms with Crippen molar-refractivity contribution in [3.8, 4) is 0 Å². The maximum atomic E-state index is 12.4. The first-order valence-electron chi connectivity index (χ1n) is 4.77. The molecule has 1 heterocycles. The molecule has 0 amide bonds. The number of benzene rings is 1. The van der Waals surface area contributed by atoms with Crippen molar-refractivity contribution in [2.24, 2.45) is 0 Å². The van der Waals surface area contributed by atoms with E-state index in [0.29, 0.717) is 16.5 Å². The lowest BCUT2D eigenvalue weighted by atomic mass is 10.1. The van der Waals surface area contributed by atoms with Gasteiger partial charge >= 0.3 is 12.1 Å². The highest BCUT2D eigenvalue weighted by Gasteiger charge is 2.32. The minimum atomic E-state index is -4.42. The summed E-state index contributed by atoms with van der Waals surface area (Å²) in [5.41, 5.74) is -0.0239. The molecular weight excluding hydrogens is 235 g/mol. The average Bonchev–Trinajstić information content (AvgIpc) is 2.58. The predicted octanol–water partition coefficient (Wildman–Crippen LogP) is 2.81. The SMILES string of the molecule is O=C(O)Cc1ccc2[nH]c(C(F)(F)F)cc2c1. The van der Waals surface area contributed by atoms with E-state index in [1.165, 1.54) is 18.2 Å². The first-order chi connectivity index (χ1) is 7.86. The van der Waals surface area contributed by atoms with Crippen LogP contribution in [0.5, 0.6) is 0 Å². The zero-order valence-corrected chi connectivity index (χ0v) is 8.51. The van der Waals surface area contributed by atoms with Crippen LogP contribution in [-0.4, -0.2) is 16.1 Å². The van der Waals surface area contributed by atoms with Crippen molar-refractivity contribution in [3.63, 3.8) is 0 Å². The first-order valence-corrected chi connectivity index (χ1v) is 4.77. The summed E-state index contributed by atoms with van der Waals surface area (Å²) in [7, 11) is 0. The molecule has 0 saturated carbocycles. The van der Waals surface area contributed by atoms with E-state index in [4.69, 9.17) is 5.11 Å². The highest BCUT2D eigenvalue weighted by atomic mass is 19.4. The number of halogens is 3. The van der Waals surface area contributed by atoms with Crippen molar-refractivity contribution in [3.05, 3.63) is 35.5 Å². The summed E-state index contributed by atoms with van der Waals surface area (Å²) < 4.78 is 37.2. The van der Waals surface area contributed by atoms with Gasteiger partial charge in [-0.25, -0.2) is 0 Å². The van der Waals surface area contributed by atoms with E-state index in [2.05, 4.69) is 4.98 Å². The number of carboxylic acid groups (broad SMARTS) is 1. The number of nitrogens with one attached hydrogen (secondary N) is 1. The molecule has 0 aliphatic rings. The Labute approximate surface area is 93.9 Å². The zero-order chi connectivity index (χ0) is 12.6. The van der Waals surface area contributed by atoms with Gasteiger partial charge in [0.15, 0.2) is 0 Å². The van der Waals surface area contributed by atoms with Crippen LogP contribution in [0, 0.1) is 0 Å². The molecule has 90 valence electrons. The van der Waals surface area contributed by atoms with E-state index in [-0.39, 0.29) is 6.42 Å². The summed E-state index contributed by atoms with van der Waals surface area (Å²) in [6.45, 7) is 0. The third-order valence-electron chi connectivity index (χ3n) is 2.35. The smallest absolute Gasteiger partial charge is 0.431 e. The number of H-pyrrole nitrogens is 1. The largest absolute Gasteiger partial charge is 0.481 e. The minimum absolute atomic E-state index is 0.206. The van der Waals surface area contributed by atoms with Crippen LogP contribution in [0.25, 0.3) is 10.9 Å². The quantitative estimate of drug-likeness (QED) is 0.852. The van der Waals surface area contributed by atoms with Gasteiger partial charge in [0.05, 0.1) is 6.42 Å². The van der Waals surface area contributed by atoms with Gasteiger partial charge in [-0.15, -0.1) is 0 Å². The molecule has 3 nitrogen and oxygen atoms in total. The van der Waals surface area contributed by atoms with Crippen LogP contribution in [0.4, 0.5) is 13.2 Å². The van der Waals surface area contributed by atoms with Crippen LogP contribution in [-0.2, 0) is 17.4 Å². The summed E-state index contributed by atoms with van der Waals surface area (Å²) in [6.07, 6.45) is -4.63. The third kappa shape index (κ3) is 2.41. The fraction of sp³-hybridized carbons (Fsp3) is 0.182. The number of fused-ring (bicyclic) bond motifs is 1. The fourth-order valence-electron chi connectivity index (χ4n) is 1.62. The van der Waals surface area contributed by atoms with E-state index in [1.54, 1.807) is 0 Å². The second-order valence-corrected chi connectivity index (χ2v) is 3.67. The molecule has 2 aromatic rings. The van der Waals surface area contributed by atoms with Crippen LogP contribution in [0.2, 0.25) is 0 Å². The summed E-state index contributed by atoms with van der Waals surface area (Å²) in [5.74, 6) is -1.02. The van der Waals surface area contributed by atoms with Gasteiger partial charge in [0, 0.05) is 10.9 Å². The van der Waals surface area contributed by atoms with Crippen LogP contribution < -0.4 is 0 Å². The third-order valence-corrected chi connectivity index (χ3v) is 2.35. The maximum absolute atomic E-state index is 12.4. The van der Waals surface area contributed by atoms with Crippen LogP contribution in [0.15, 0.2) is 24.3 Å². The van der Waals surface area contributed by atoms with E-state index in [1.807, 2.05) is 0 Å². The van der Waals surface area contributed by atoms with Crippen LogP contribution in [0.1, 0.15) is 11.3 Å². The number of hydrogen-bond acceptors (Lipinski definition) is 1. The molecule has 0 bridgehead atoms. The molecule has 17 heavy (non-hydrogen) atoms. The lowest BCUT2D eigenvalue weighted by Gasteiger charge is -2.00. The Morgan fingerprint density at radius 3 is 2.59 bits per heavy atom. The van der Waals surface area contributed by atoms with Gasteiger partial charge < -0.3 is 10.1 Å². The van der Waals surface area contributed by atoms with Crippen molar-refractivity contribution in [2.45, 2.75) is 12.6 Å². The van der Waals surface area contributed by atoms with Gasteiger partial charge in [0.2, 0.25) is 0 Å². The van der Waals surface area contributed by atoms with Gasteiger partial charge in [-0.2, -0.15) is 13.2 Å². The monoisotopic (exact) mass is 243 g/mol. The van der Waals surface area contributed by atoms with Crippen molar-refractivity contribution in [1.82, 2.24) is 4.98 Å². The molecular formula is C11H8F3NO2. The Bertz CT molecular complexity index is 572. The van der Waals surface area contributed by atoms with E-state index < -0.39 is 17.8 Å². The summed E-state index contributed by atoms with van der Waals surface area (Å²) in [6, 6.07) is 5.35. The summed E-state index contributed by atoms with van der Waals surface area (Å²) in [5, 5.41) is 8.94.